The van der Waals surface area contributed by atoms with Gasteiger partial charge in [0.2, 0.25) is 15.9 Å². The predicted octanol–water partition coefficient (Wildman–Crippen LogP) is 2.07. The van der Waals surface area contributed by atoms with Crippen molar-refractivity contribution in [1.29, 1.82) is 0 Å². The Labute approximate surface area is 150 Å². The van der Waals surface area contributed by atoms with Gasteiger partial charge >= 0.3 is 5.97 Å². The maximum atomic E-state index is 13.5. The molecule has 0 saturated carbocycles. The van der Waals surface area contributed by atoms with Gasteiger partial charge in [0, 0.05) is 18.8 Å². The van der Waals surface area contributed by atoms with Crippen LogP contribution in [0.15, 0.2) is 41.4 Å². The molecule has 1 aromatic heterocycles. The molecule has 0 radical (unpaired) electrons. The van der Waals surface area contributed by atoms with Crippen LogP contribution in [0.4, 0.5) is 4.39 Å². The Balaban J connectivity index is 1.76. The number of aromatic carboxylic acids is 1. The standard InChI is InChI=1S/C17H17FN2O5S/c1-11-2-5-16(19-9-11)25-12-6-7-20(10-12)26(23,24)13-3-4-15(18)14(8-13)17(21)22/h2-5,8-9,12H,6-7,10H2,1H3,(H,21,22). The molecule has 26 heavy (non-hydrogen) atoms. The van der Waals surface area contributed by atoms with E-state index in [1.807, 2.05) is 13.0 Å². The van der Waals surface area contributed by atoms with E-state index < -0.39 is 27.4 Å². The van der Waals surface area contributed by atoms with Gasteiger partial charge in [0.25, 0.3) is 0 Å². The van der Waals surface area contributed by atoms with Crippen LogP contribution in [0, 0.1) is 12.7 Å². The largest absolute Gasteiger partial charge is 0.478 e. The molecule has 0 bridgehead atoms. The number of halogens is 1. The number of ether oxygens (including phenoxy) is 1. The first-order valence-corrected chi connectivity index (χ1v) is 9.33. The van der Waals surface area contributed by atoms with Gasteiger partial charge in [0.1, 0.15) is 11.9 Å². The summed E-state index contributed by atoms with van der Waals surface area (Å²) >= 11 is 0. The van der Waals surface area contributed by atoms with Crippen LogP contribution in [0.25, 0.3) is 0 Å². The summed E-state index contributed by atoms with van der Waals surface area (Å²) in [6.45, 7) is 2.23. The fourth-order valence-electron chi connectivity index (χ4n) is 2.68. The van der Waals surface area contributed by atoms with Crippen LogP contribution in [0.1, 0.15) is 22.3 Å². The van der Waals surface area contributed by atoms with Gasteiger partial charge < -0.3 is 9.84 Å². The summed E-state index contributed by atoms with van der Waals surface area (Å²) in [5, 5.41) is 8.97. The van der Waals surface area contributed by atoms with Gasteiger partial charge in [0.15, 0.2) is 0 Å². The van der Waals surface area contributed by atoms with E-state index in [1.165, 1.54) is 4.31 Å². The van der Waals surface area contributed by atoms with Gasteiger partial charge in [-0.1, -0.05) is 6.07 Å². The first-order valence-electron chi connectivity index (χ1n) is 7.89. The predicted molar refractivity (Wildman–Crippen MR) is 90.1 cm³/mol. The molecule has 1 N–H and O–H groups in total. The fraction of sp³-hybridized carbons (Fsp3) is 0.294. The maximum Gasteiger partial charge on any atom is 0.338 e. The Kier molecular flexibility index (Phi) is 4.92. The van der Waals surface area contributed by atoms with Gasteiger partial charge in [-0.05, 0) is 37.1 Å². The van der Waals surface area contributed by atoms with E-state index in [2.05, 4.69) is 4.98 Å². The lowest BCUT2D eigenvalue weighted by Crippen LogP contribution is -2.31. The summed E-state index contributed by atoms with van der Waals surface area (Å²) in [6, 6.07) is 6.30. The number of nitrogens with zero attached hydrogens (tertiary/aromatic N) is 2. The second-order valence-corrected chi connectivity index (χ2v) is 7.95. The van der Waals surface area contributed by atoms with Gasteiger partial charge in [0.05, 0.1) is 17.0 Å². The highest BCUT2D eigenvalue weighted by molar-refractivity contribution is 7.89. The topological polar surface area (TPSA) is 96.8 Å². The van der Waals surface area contributed by atoms with E-state index in [9.17, 15) is 17.6 Å². The first-order chi connectivity index (χ1) is 12.3. The average molecular weight is 380 g/mol. The SMILES string of the molecule is Cc1ccc(OC2CCN(S(=O)(=O)c3ccc(F)c(C(=O)O)c3)C2)nc1. The number of aromatic nitrogens is 1. The molecule has 1 unspecified atom stereocenters. The van der Waals surface area contributed by atoms with Crippen LogP contribution >= 0.6 is 0 Å². The van der Waals surface area contributed by atoms with Crippen molar-refractivity contribution in [3.05, 3.63) is 53.5 Å². The summed E-state index contributed by atoms with van der Waals surface area (Å²) in [7, 11) is -3.94. The quantitative estimate of drug-likeness (QED) is 0.853. The van der Waals surface area contributed by atoms with Crippen molar-refractivity contribution >= 4 is 16.0 Å². The summed E-state index contributed by atoms with van der Waals surface area (Å²) in [5.41, 5.74) is 0.306. The molecule has 138 valence electrons. The molecule has 3 rings (SSSR count). The van der Waals surface area contributed by atoms with Crippen LogP contribution in [0.3, 0.4) is 0 Å². The minimum Gasteiger partial charge on any atom is -0.478 e. The number of pyridine rings is 1. The van der Waals surface area contributed by atoms with Gasteiger partial charge in [-0.15, -0.1) is 0 Å². The Morgan fingerprint density at radius 1 is 1.35 bits per heavy atom. The van der Waals surface area contributed by atoms with Gasteiger partial charge in [-0.2, -0.15) is 4.31 Å². The van der Waals surface area contributed by atoms with E-state index >= 15 is 0 Å². The Morgan fingerprint density at radius 2 is 2.12 bits per heavy atom. The van der Waals surface area contributed by atoms with E-state index in [4.69, 9.17) is 9.84 Å². The van der Waals surface area contributed by atoms with Crippen LogP contribution in [0.2, 0.25) is 0 Å². The third-order valence-corrected chi connectivity index (χ3v) is 5.95. The molecular weight excluding hydrogens is 363 g/mol. The zero-order valence-electron chi connectivity index (χ0n) is 13.9. The van der Waals surface area contributed by atoms with Gasteiger partial charge in [-0.3, -0.25) is 0 Å². The van der Waals surface area contributed by atoms with E-state index in [0.717, 1.165) is 23.8 Å². The number of sulfonamides is 1. The van der Waals surface area contributed by atoms with E-state index in [0.29, 0.717) is 12.3 Å². The van der Waals surface area contributed by atoms with Crippen LogP contribution in [-0.4, -0.2) is 48.0 Å². The molecule has 1 fully saturated rings. The van der Waals surface area contributed by atoms with Crippen molar-refractivity contribution < 1.29 is 27.4 Å². The van der Waals surface area contributed by atoms with Crippen molar-refractivity contribution in [2.75, 3.05) is 13.1 Å². The number of rotatable bonds is 5. The lowest BCUT2D eigenvalue weighted by molar-refractivity contribution is 0.0691. The van der Waals surface area contributed by atoms with Crippen molar-refractivity contribution in [3.63, 3.8) is 0 Å². The van der Waals surface area contributed by atoms with Crippen molar-refractivity contribution in [2.24, 2.45) is 0 Å². The molecular formula is C17H17FN2O5S. The first kappa shape index (κ1) is 18.3. The van der Waals surface area contributed by atoms with Crippen LogP contribution in [0.5, 0.6) is 5.88 Å². The molecule has 2 aromatic rings. The normalized spacial score (nSPS) is 18.0. The lowest BCUT2D eigenvalue weighted by atomic mass is 10.2. The highest BCUT2D eigenvalue weighted by Gasteiger charge is 2.34. The molecule has 9 heteroatoms. The van der Waals surface area contributed by atoms with E-state index in [1.54, 1.807) is 12.3 Å². The molecule has 1 saturated heterocycles. The highest BCUT2D eigenvalue weighted by Crippen LogP contribution is 2.25. The minimum atomic E-state index is -3.94. The molecule has 1 aromatic carbocycles. The van der Waals surface area contributed by atoms with E-state index in [-0.39, 0.29) is 24.1 Å². The molecule has 1 atom stereocenters. The number of benzene rings is 1. The Hall–Kier alpha value is -2.52. The number of carboxylic acids is 1. The Bertz CT molecular complexity index is 931. The summed E-state index contributed by atoms with van der Waals surface area (Å²) < 4.78 is 45.8. The third-order valence-electron chi connectivity index (χ3n) is 4.09. The van der Waals surface area contributed by atoms with Crippen LogP contribution in [-0.2, 0) is 10.0 Å². The van der Waals surface area contributed by atoms with Crippen molar-refractivity contribution in [3.8, 4) is 5.88 Å². The number of hydrogen-bond acceptors (Lipinski definition) is 5. The Morgan fingerprint density at radius 3 is 2.77 bits per heavy atom. The summed E-state index contributed by atoms with van der Waals surface area (Å²) in [5.74, 6) is -2.09. The molecule has 0 amide bonds. The molecule has 2 heterocycles. The lowest BCUT2D eigenvalue weighted by Gasteiger charge is -2.17. The van der Waals surface area contributed by atoms with Gasteiger partial charge in [-0.25, -0.2) is 22.6 Å². The number of carboxylic acid groups (broad SMARTS) is 1. The second-order valence-electron chi connectivity index (χ2n) is 6.01. The van der Waals surface area contributed by atoms with Crippen molar-refractivity contribution in [2.45, 2.75) is 24.3 Å². The maximum absolute atomic E-state index is 13.5. The third kappa shape index (κ3) is 3.68. The van der Waals surface area contributed by atoms with Crippen molar-refractivity contribution in [1.82, 2.24) is 9.29 Å². The molecule has 7 nitrogen and oxygen atoms in total. The van der Waals surface area contributed by atoms with Crippen LogP contribution < -0.4 is 4.74 Å². The number of aryl methyl sites for hydroxylation is 1. The summed E-state index contributed by atoms with van der Waals surface area (Å²) in [6.07, 6.45) is 1.77. The molecule has 0 aliphatic carbocycles. The summed E-state index contributed by atoms with van der Waals surface area (Å²) in [4.78, 5) is 14.9. The number of hydrogen-bond donors (Lipinski definition) is 1. The highest BCUT2D eigenvalue weighted by atomic mass is 32.2. The second kappa shape index (κ2) is 7.00. The monoisotopic (exact) mass is 380 g/mol. The zero-order valence-corrected chi connectivity index (χ0v) is 14.7. The fourth-order valence-corrected chi connectivity index (χ4v) is 4.20. The minimum absolute atomic E-state index is 0.109. The molecule has 1 aliphatic heterocycles. The average Bonchev–Trinajstić information content (AvgIpc) is 3.06. The number of carbonyl (C=O) groups is 1. The molecule has 1 aliphatic rings. The zero-order chi connectivity index (χ0) is 18.9. The molecule has 0 spiro atoms. The smallest absolute Gasteiger partial charge is 0.338 e.